The Morgan fingerprint density at radius 1 is 1.61 bits per heavy atom. The number of hydrogen-bond donors (Lipinski definition) is 2. The summed E-state index contributed by atoms with van der Waals surface area (Å²) in [4.78, 5) is 11.4. The summed E-state index contributed by atoms with van der Waals surface area (Å²) in [5.41, 5.74) is 5.55. The molecule has 0 saturated carbocycles. The first-order valence-electron chi connectivity index (χ1n) is 6.46. The van der Waals surface area contributed by atoms with Crippen LogP contribution in [0.3, 0.4) is 0 Å². The van der Waals surface area contributed by atoms with Gasteiger partial charge in [-0.25, -0.2) is 0 Å². The van der Waals surface area contributed by atoms with Gasteiger partial charge in [0.15, 0.2) is 0 Å². The number of aromatic nitrogens is 2. The average Bonchev–Trinajstić information content (AvgIpc) is 2.83. The predicted octanol–water partition coefficient (Wildman–Crippen LogP) is 1.84. The number of aliphatic carboxylic acids is 1. The summed E-state index contributed by atoms with van der Waals surface area (Å²) >= 11 is 0. The fraction of sp³-hybridized carbons (Fsp3) is 0.692. The quantitative estimate of drug-likeness (QED) is 0.777. The van der Waals surface area contributed by atoms with Gasteiger partial charge in [0, 0.05) is 25.2 Å². The maximum atomic E-state index is 11.4. The largest absolute Gasteiger partial charge is 0.481 e. The van der Waals surface area contributed by atoms with Crippen LogP contribution < -0.4 is 5.73 Å². The lowest BCUT2D eigenvalue weighted by atomic mass is 9.81. The topological polar surface area (TPSA) is 81.1 Å². The molecular weight excluding hydrogens is 230 g/mol. The molecule has 0 amide bonds. The van der Waals surface area contributed by atoms with Crippen LogP contribution in [0.15, 0.2) is 12.3 Å². The highest BCUT2D eigenvalue weighted by Gasteiger charge is 2.36. The molecule has 1 rings (SSSR count). The molecular formula is C13H23N3O2. The second-order valence-corrected chi connectivity index (χ2v) is 4.86. The van der Waals surface area contributed by atoms with Crippen LogP contribution >= 0.6 is 0 Å². The molecule has 0 radical (unpaired) electrons. The molecule has 0 saturated heterocycles. The van der Waals surface area contributed by atoms with Crippen molar-refractivity contribution in [3.63, 3.8) is 0 Å². The maximum Gasteiger partial charge on any atom is 0.311 e. The van der Waals surface area contributed by atoms with Gasteiger partial charge in [-0.05, 0) is 25.8 Å². The number of carboxylic acid groups (broad SMARTS) is 1. The lowest BCUT2D eigenvalue weighted by molar-refractivity contribution is -0.148. The summed E-state index contributed by atoms with van der Waals surface area (Å²) < 4.78 is 1.88. The third-order valence-electron chi connectivity index (χ3n) is 3.75. The second kappa shape index (κ2) is 6.00. The average molecular weight is 253 g/mol. The summed E-state index contributed by atoms with van der Waals surface area (Å²) in [5, 5.41) is 13.8. The zero-order chi connectivity index (χ0) is 13.8. The van der Waals surface area contributed by atoms with Crippen molar-refractivity contribution < 1.29 is 9.90 Å². The second-order valence-electron chi connectivity index (χ2n) is 4.86. The lowest BCUT2D eigenvalue weighted by Gasteiger charge is -2.25. The molecule has 0 aliphatic heterocycles. The lowest BCUT2D eigenvalue weighted by Crippen LogP contribution is -2.40. The van der Waals surface area contributed by atoms with E-state index in [9.17, 15) is 9.90 Å². The van der Waals surface area contributed by atoms with Gasteiger partial charge in [0.1, 0.15) is 0 Å². The molecule has 0 aliphatic carbocycles. The molecule has 1 aromatic rings. The van der Waals surface area contributed by atoms with Crippen molar-refractivity contribution in [1.82, 2.24) is 9.78 Å². The Morgan fingerprint density at radius 3 is 2.72 bits per heavy atom. The number of rotatable bonds is 7. The minimum absolute atomic E-state index is 0.134. The predicted molar refractivity (Wildman–Crippen MR) is 70.3 cm³/mol. The van der Waals surface area contributed by atoms with Crippen LogP contribution in [0.4, 0.5) is 0 Å². The smallest absolute Gasteiger partial charge is 0.311 e. The molecule has 1 heterocycles. The maximum absolute atomic E-state index is 11.4. The van der Waals surface area contributed by atoms with Crippen molar-refractivity contribution >= 4 is 5.97 Å². The van der Waals surface area contributed by atoms with Crippen LogP contribution in [0, 0.1) is 5.41 Å². The number of nitrogens with zero attached hydrogens (tertiary/aromatic N) is 2. The van der Waals surface area contributed by atoms with Crippen molar-refractivity contribution in [2.75, 3.05) is 6.54 Å². The highest BCUT2D eigenvalue weighted by atomic mass is 16.4. The minimum Gasteiger partial charge on any atom is -0.481 e. The third-order valence-corrected chi connectivity index (χ3v) is 3.75. The molecule has 1 aromatic heterocycles. The van der Waals surface area contributed by atoms with Gasteiger partial charge < -0.3 is 10.8 Å². The molecule has 0 aromatic carbocycles. The Bertz CT molecular complexity index is 397. The van der Waals surface area contributed by atoms with Crippen LogP contribution in [0.5, 0.6) is 0 Å². The normalized spacial score (nSPS) is 16.2. The zero-order valence-electron chi connectivity index (χ0n) is 11.4. The molecule has 102 valence electrons. The van der Waals surface area contributed by atoms with Gasteiger partial charge in [-0.1, -0.05) is 13.8 Å². The van der Waals surface area contributed by atoms with Crippen LogP contribution in [0.2, 0.25) is 0 Å². The van der Waals surface area contributed by atoms with E-state index in [1.807, 2.05) is 23.9 Å². The molecule has 0 spiro atoms. The SMILES string of the molecule is CCC(C)n1ccc(CC(CC)(CN)C(=O)O)n1. The van der Waals surface area contributed by atoms with Gasteiger partial charge in [0.05, 0.1) is 11.1 Å². The molecule has 0 aliphatic rings. The van der Waals surface area contributed by atoms with E-state index in [4.69, 9.17) is 5.73 Å². The van der Waals surface area contributed by atoms with E-state index in [0.717, 1.165) is 12.1 Å². The fourth-order valence-corrected chi connectivity index (χ4v) is 1.91. The summed E-state index contributed by atoms with van der Waals surface area (Å²) in [6, 6.07) is 2.22. The van der Waals surface area contributed by atoms with Gasteiger partial charge in [-0.15, -0.1) is 0 Å². The number of carbonyl (C=O) groups is 1. The first-order chi connectivity index (χ1) is 8.49. The summed E-state index contributed by atoms with van der Waals surface area (Å²) in [6.07, 6.45) is 3.80. The number of nitrogens with two attached hydrogens (primary N) is 1. The Hall–Kier alpha value is -1.36. The third kappa shape index (κ3) is 2.90. The molecule has 18 heavy (non-hydrogen) atoms. The summed E-state index contributed by atoms with van der Waals surface area (Å²) in [7, 11) is 0. The molecule has 3 N–H and O–H groups in total. The Morgan fingerprint density at radius 2 is 2.28 bits per heavy atom. The highest BCUT2D eigenvalue weighted by Crippen LogP contribution is 2.26. The summed E-state index contributed by atoms with van der Waals surface area (Å²) in [5.74, 6) is -0.842. The van der Waals surface area contributed by atoms with Crippen LogP contribution in [-0.2, 0) is 11.2 Å². The first kappa shape index (κ1) is 14.7. The van der Waals surface area contributed by atoms with Gasteiger partial charge in [0.2, 0.25) is 0 Å². The van der Waals surface area contributed by atoms with Crippen LogP contribution in [-0.4, -0.2) is 27.4 Å². The Labute approximate surface area is 108 Å². The van der Waals surface area contributed by atoms with E-state index >= 15 is 0 Å². The van der Waals surface area contributed by atoms with Crippen molar-refractivity contribution in [3.05, 3.63) is 18.0 Å². The fourth-order valence-electron chi connectivity index (χ4n) is 1.91. The molecule has 0 fully saturated rings. The molecule has 2 unspecified atom stereocenters. The van der Waals surface area contributed by atoms with Gasteiger partial charge in [0.25, 0.3) is 0 Å². The van der Waals surface area contributed by atoms with Gasteiger partial charge >= 0.3 is 5.97 Å². The van der Waals surface area contributed by atoms with Gasteiger partial charge in [-0.2, -0.15) is 5.10 Å². The minimum atomic E-state index is -0.894. The van der Waals surface area contributed by atoms with E-state index in [1.165, 1.54) is 0 Å². The van der Waals surface area contributed by atoms with Crippen molar-refractivity contribution in [3.8, 4) is 0 Å². The first-order valence-corrected chi connectivity index (χ1v) is 6.46. The molecule has 0 bridgehead atoms. The standard InChI is InChI=1S/C13H23N3O2/c1-4-10(3)16-7-6-11(15-16)8-13(5-2,9-14)12(17)18/h6-7,10H,4-5,8-9,14H2,1-3H3,(H,17,18). The highest BCUT2D eigenvalue weighted by molar-refractivity contribution is 5.75. The van der Waals surface area contributed by atoms with E-state index < -0.39 is 11.4 Å². The molecule has 5 nitrogen and oxygen atoms in total. The number of hydrogen-bond acceptors (Lipinski definition) is 3. The Kier molecular flexibility index (Phi) is 4.90. The van der Waals surface area contributed by atoms with Crippen LogP contribution in [0.25, 0.3) is 0 Å². The summed E-state index contributed by atoms with van der Waals surface area (Å²) in [6.45, 7) is 6.17. The number of carboxylic acids is 1. The molecule has 2 atom stereocenters. The monoisotopic (exact) mass is 253 g/mol. The van der Waals surface area contributed by atoms with Crippen molar-refractivity contribution in [2.24, 2.45) is 11.1 Å². The van der Waals surface area contributed by atoms with E-state index in [1.54, 1.807) is 0 Å². The van der Waals surface area contributed by atoms with Crippen molar-refractivity contribution in [2.45, 2.75) is 46.1 Å². The van der Waals surface area contributed by atoms with E-state index in [2.05, 4.69) is 18.9 Å². The Balaban J connectivity index is 2.88. The van der Waals surface area contributed by atoms with Gasteiger partial charge in [-0.3, -0.25) is 9.48 Å². The van der Waals surface area contributed by atoms with Crippen LogP contribution in [0.1, 0.15) is 45.3 Å². The van der Waals surface area contributed by atoms with E-state index in [0.29, 0.717) is 18.9 Å². The van der Waals surface area contributed by atoms with Crippen molar-refractivity contribution in [1.29, 1.82) is 0 Å². The zero-order valence-corrected chi connectivity index (χ0v) is 11.4. The van der Waals surface area contributed by atoms with E-state index in [-0.39, 0.29) is 6.54 Å². The molecule has 5 heteroatoms.